The summed E-state index contributed by atoms with van der Waals surface area (Å²) in [4.78, 5) is 10.2. The van der Waals surface area contributed by atoms with E-state index in [1.807, 2.05) is 19.0 Å². The first-order chi connectivity index (χ1) is 8.08. The molecule has 0 radical (unpaired) electrons. The normalized spacial score (nSPS) is 12.3. The van der Waals surface area contributed by atoms with E-state index in [9.17, 15) is 0 Å². The van der Waals surface area contributed by atoms with Gasteiger partial charge in [-0.15, -0.1) is 0 Å². The third kappa shape index (κ3) is 4.02. The Morgan fingerprint density at radius 2 is 2.29 bits per heavy atom. The van der Waals surface area contributed by atoms with E-state index in [1.54, 1.807) is 6.20 Å². The predicted molar refractivity (Wildman–Crippen MR) is 70.0 cm³/mol. The van der Waals surface area contributed by atoms with Crippen molar-refractivity contribution in [1.82, 2.24) is 15.3 Å². The number of hydrogen-bond donors (Lipinski definition) is 1. The predicted octanol–water partition coefficient (Wildman–Crippen LogP) is 1.43. The molecule has 1 atom stereocenters. The number of halogens is 1. The van der Waals surface area contributed by atoms with Crippen LogP contribution in [0.1, 0.15) is 6.92 Å². The zero-order valence-corrected chi connectivity index (χ0v) is 11.5. The molecule has 0 saturated heterocycles. The zero-order valence-electron chi connectivity index (χ0n) is 10.7. The molecule has 0 amide bonds. The van der Waals surface area contributed by atoms with Crippen molar-refractivity contribution in [2.24, 2.45) is 5.92 Å². The maximum atomic E-state index is 6.07. The lowest BCUT2D eigenvalue weighted by atomic mass is 10.1. The van der Waals surface area contributed by atoms with E-state index >= 15 is 0 Å². The standard InChI is InChI=1S/C11H19ClN4O/c1-8(5-13-2)7-16(3)10-9(12)6-14-11(15-10)17-4/h6,8,13H,5,7H2,1-4H3. The number of aromatic nitrogens is 2. The minimum Gasteiger partial charge on any atom is -0.467 e. The van der Waals surface area contributed by atoms with Crippen molar-refractivity contribution in [2.45, 2.75) is 6.92 Å². The molecule has 0 spiro atoms. The van der Waals surface area contributed by atoms with E-state index in [4.69, 9.17) is 16.3 Å². The lowest BCUT2D eigenvalue weighted by molar-refractivity contribution is 0.379. The highest BCUT2D eigenvalue weighted by Crippen LogP contribution is 2.23. The third-order valence-corrected chi connectivity index (χ3v) is 2.65. The smallest absolute Gasteiger partial charge is 0.318 e. The van der Waals surface area contributed by atoms with Crippen LogP contribution in [-0.2, 0) is 0 Å². The Hall–Kier alpha value is -1.07. The van der Waals surface area contributed by atoms with E-state index in [0.29, 0.717) is 22.8 Å². The minimum absolute atomic E-state index is 0.331. The second-order valence-electron chi connectivity index (χ2n) is 4.07. The lowest BCUT2D eigenvalue weighted by Crippen LogP contribution is -2.30. The molecule has 5 nitrogen and oxygen atoms in total. The van der Waals surface area contributed by atoms with Gasteiger partial charge in [0.2, 0.25) is 0 Å². The van der Waals surface area contributed by atoms with Crippen LogP contribution in [0.25, 0.3) is 0 Å². The van der Waals surface area contributed by atoms with Gasteiger partial charge in [0.05, 0.1) is 13.3 Å². The number of rotatable bonds is 6. The molecular formula is C11H19ClN4O. The molecule has 0 saturated carbocycles. The highest BCUT2D eigenvalue weighted by Gasteiger charge is 2.13. The van der Waals surface area contributed by atoms with E-state index in [2.05, 4.69) is 22.2 Å². The first-order valence-electron chi connectivity index (χ1n) is 5.50. The Labute approximate surface area is 107 Å². The molecule has 1 unspecified atom stereocenters. The summed E-state index contributed by atoms with van der Waals surface area (Å²) in [6.45, 7) is 3.98. The molecule has 0 aliphatic heterocycles. The van der Waals surface area contributed by atoms with Crippen molar-refractivity contribution in [3.8, 4) is 6.01 Å². The Morgan fingerprint density at radius 1 is 1.59 bits per heavy atom. The van der Waals surface area contributed by atoms with E-state index < -0.39 is 0 Å². The first kappa shape index (κ1) is 14.0. The molecule has 0 bridgehead atoms. The van der Waals surface area contributed by atoms with Crippen molar-refractivity contribution in [3.63, 3.8) is 0 Å². The highest BCUT2D eigenvalue weighted by molar-refractivity contribution is 6.32. The average molecular weight is 259 g/mol. The van der Waals surface area contributed by atoms with Crippen LogP contribution in [0.5, 0.6) is 6.01 Å². The van der Waals surface area contributed by atoms with Gasteiger partial charge < -0.3 is 15.0 Å². The molecule has 6 heteroatoms. The molecule has 0 fully saturated rings. The van der Waals surface area contributed by atoms with Crippen LogP contribution < -0.4 is 15.0 Å². The minimum atomic E-state index is 0.331. The fourth-order valence-electron chi connectivity index (χ4n) is 1.68. The van der Waals surface area contributed by atoms with E-state index in [1.165, 1.54) is 7.11 Å². The van der Waals surface area contributed by atoms with Crippen LogP contribution in [0.3, 0.4) is 0 Å². The summed E-state index contributed by atoms with van der Waals surface area (Å²) in [7, 11) is 5.44. The third-order valence-electron chi connectivity index (χ3n) is 2.39. The van der Waals surface area contributed by atoms with Crippen molar-refractivity contribution in [3.05, 3.63) is 11.2 Å². The average Bonchev–Trinajstić information content (AvgIpc) is 2.29. The van der Waals surface area contributed by atoms with Gasteiger partial charge in [-0.2, -0.15) is 4.98 Å². The number of anilines is 1. The summed E-state index contributed by atoms with van der Waals surface area (Å²) in [5, 5.41) is 3.68. The summed E-state index contributed by atoms with van der Waals surface area (Å²) in [5.41, 5.74) is 0. The summed E-state index contributed by atoms with van der Waals surface area (Å²) >= 11 is 6.07. The van der Waals surface area contributed by atoms with Crippen molar-refractivity contribution in [1.29, 1.82) is 0 Å². The van der Waals surface area contributed by atoms with Crippen LogP contribution in [-0.4, -0.2) is 44.3 Å². The van der Waals surface area contributed by atoms with Gasteiger partial charge in [0.1, 0.15) is 5.02 Å². The van der Waals surface area contributed by atoms with Gasteiger partial charge in [0.25, 0.3) is 0 Å². The van der Waals surface area contributed by atoms with Gasteiger partial charge >= 0.3 is 6.01 Å². The quantitative estimate of drug-likeness (QED) is 0.837. The lowest BCUT2D eigenvalue weighted by Gasteiger charge is -2.23. The van der Waals surface area contributed by atoms with Crippen molar-refractivity contribution in [2.75, 3.05) is 39.2 Å². The second-order valence-corrected chi connectivity index (χ2v) is 4.48. The SMILES string of the molecule is CNCC(C)CN(C)c1nc(OC)ncc1Cl. The maximum Gasteiger partial charge on any atom is 0.318 e. The largest absolute Gasteiger partial charge is 0.467 e. The van der Waals surface area contributed by atoms with Gasteiger partial charge in [-0.05, 0) is 19.5 Å². The summed E-state index contributed by atoms with van der Waals surface area (Å²) in [6, 6.07) is 0.331. The van der Waals surface area contributed by atoms with Gasteiger partial charge in [0.15, 0.2) is 5.82 Å². The maximum absolute atomic E-state index is 6.07. The van der Waals surface area contributed by atoms with Crippen LogP contribution in [0.4, 0.5) is 5.82 Å². The van der Waals surface area contributed by atoms with Crippen molar-refractivity contribution < 1.29 is 4.74 Å². The molecule has 0 aromatic carbocycles. The summed E-state index contributed by atoms with van der Waals surface area (Å²) in [5.74, 6) is 1.20. The molecular weight excluding hydrogens is 240 g/mol. The molecule has 17 heavy (non-hydrogen) atoms. The Morgan fingerprint density at radius 3 is 2.88 bits per heavy atom. The summed E-state index contributed by atoms with van der Waals surface area (Å²) < 4.78 is 4.99. The van der Waals surface area contributed by atoms with Gasteiger partial charge in [0, 0.05) is 13.6 Å². The molecule has 1 aromatic rings. The number of ether oxygens (including phenoxy) is 1. The number of methoxy groups -OCH3 is 1. The van der Waals surface area contributed by atoms with Gasteiger partial charge in [-0.1, -0.05) is 18.5 Å². The monoisotopic (exact) mass is 258 g/mol. The molecule has 0 aliphatic rings. The number of hydrogen-bond acceptors (Lipinski definition) is 5. The molecule has 1 rings (SSSR count). The first-order valence-corrected chi connectivity index (χ1v) is 5.88. The van der Waals surface area contributed by atoms with E-state index in [0.717, 1.165) is 13.1 Å². The van der Waals surface area contributed by atoms with Crippen LogP contribution in [0, 0.1) is 5.92 Å². The fourth-order valence-corrected chi connectivity index (χ4v) is 1.91. The Balaban J connectivity index is 2.76. The topological polar surface area (TPSA) is 50.3 Å². The fraction of sp³-hybridized carbons (Fsp3) is 0.636. The number of nitrogens with zero attached hydrogens (tertiary/aromatic N) is 3. The molecule has 1 aromatic heterocycles. The van der Waals surface area contributed by atoms with Crippen molar-refractivity contribution >= 4 is 17.4 Å². The molecule has 96 valence electrons. The number of nitrogens with one attached hydrogen (secondary N) is 1. The van der Waals surface area contributed by atoms with Crippen LogP contribution in [0.15, 0.2) is 6.20 Å². The molecule has 1 heterocycles. The van der Waals surface area contributed by atoms with E-state index in [-0.39, 0.29) is 0 Å². The van der Waals surface area contributed by atoms with Gasteiger partial charge in [-0.25, -0.2) is 4.98 Å². The Kier molecular flexibility index (Phi) is 5.44. The van der Waals surface area contributed by atoms with Crippen LogP contribution in [0.2, 0.25) is 5.02 Å². The summed E-state index contributed by atoms with van der Waals surface area (Å²) in [6.07, 6.45) is 1.56. The highest BCUT2D eigenvalue weighted by atomic mass is 35.5. The van der Waals surface area contributed by atoms with Gasteiger partial charge in [-0.3, -0.25) is 0 Å². The molecule has 0 aliphatic carbocycles. The Bertz CT molecular complexity index is 361. The zero-order chi connectivity index (χ0) is 12.8. The molecule has 1 N–H and O–H groups in total. The van der Waals surface area contributed by atoms with Crippen LogP contribution >= 0.6 is 11.6 Å². The second kappa shape index (κ2) is 6.61.